The zero-order chi connectivity index (χ0) is 18.5. The van der Waals surface area contributed by atoms with Gasteiger partial charge in [0.25, 0.3) is 5.91 Å². The normalized spacial score (nSPS) is 19.3. The molecular weight excluding hydrogens is 372 g/mol. The minimum Gasteiger partial charge on any atom is -0.350 e. The lowest BCUT2D eigenvalue weighted by atomic mass is 10.1. The van der Waals surface area contributed by atoms with E-state index in [1.807, 2.05) is 41.7 Å². The number of hydrogen-bond donors (Lipinski definition) is 1. The van der Waals surface area contributed by atoms with Crippen molar-refractivity contribution in [3.8, 4) is 0 Å². The van der Waals surface area contributed by atoms with Gasteiger partial charge in [-0.3, -0.25) is 9.69 Å². The average molecular weight is 399 g/mol. The molecule has 0 aromatic heterocycles. The first-order valence-corrected chi connectivity index (χ1v) is 11.8. The van der Waals surface area contributed by atoms with Crippen molar-refractivity contribution in [2.24, 2.45) is 0 Å². The van der Waals surface area contributed by atoms with Gasteiger partial charge < -0.3 is 5.32 Å². The summed E-state index contributed by atoms with van der Waals surface area (Å²) in [5, 5.41) is 3.17. The largest absolute Gasteiger partial charge is 0.350 e. The first-order valence-electron chi connectivity index (χ1n) is 9.71. The van der Waals surface area contributed by atoms with Gasteiger partial charge in [0.1, 0.15) is 0 Å². The number of carbonyl (C=O) groups is 1. The molecule has 27 heavy (non-hydrogen) atoms. The van der Waals surface area contributed by atoms with Crippen molar-refractivity contribution in [2.75, 3.05) is 31.1 Å². The van der Waals surface area contributed by atoms with Crippen molar-refractivity contribution in [3.05, 3.63) is 71.3 Å². The molecule has 1 atom stereocenters. The summed E-state index contributed by atoms with van der Waals surface area (Å²) in [6.07, 6.45) is 2.49. The molecule has 2 aromatic carbocycles. The summed E-state index contributed by atoms with van der Waals surface area (Å²) < 4.78 is 0.528. The van der Waals surface area contributed by atoms with Crippen LogP contribution < -0.4 is 5.32 Å². The monoisotopic (exact) mass is 398 g/mol. The predicted octanol–water partition coefficient (Wildman–Crippen LogP) is 4.73. The summed E-state index contributed by atoms with van der Waals surface area (Å²) >= 11 is 3.98. The van der Waals surface area contributed by atoms with Crippen LogP contribution in [0.3, 0.4) is 0 Å². The van der Waals surface area contributed by atoms with E-state index in [-0.39, 0.29) is 11.9 Å². The quantitative estimate of drug-likeness (QED) is 0.762. The molecule has 0 unspecified atom stereocenters. The fourth-order valence-electron chi connectivity index (χ4n) is 3.82. The molecule has 2 heterocycles. The van der Waals surface area contributed by atoms with E-state index in [0.29, 0.717) is 11.1 Å². The Bertz CT molecular complexity index is 739. The van der Waals surface area contributed by atoms with Crippen LogP contribution in [0.5, 0.6) is 0 Å². The molecule has 0 aliphatic carbocycles. The molecule has 2 fully saturated rings. The van der Waals surface area contributed by atoms with Crippen LogP contribution in [0.25, 0.3) is 0 Å². The van der Waals surface area contributed by atoms with Gasteiger partial charge >= 0.3 is 0 Å². The SMILES string of the molecule is O=C(NC[C@H](c1ccccc1)N1CCCC1)c1ccc(C2SCCS2)cc1. The number of likely N-dealkylation sites (tertiary alicyclic amines) is 1. The van der Waals surface area contributed by atoms with E-state index >= 15 is 0 Å². The Morgan fingerprint density at radius 2 is 1.67 bits per heavy atom. The van der Waals surface area contributed by atoms with Gasteiger partial charge in [-0.2, -0.15) is 0 Å². The Kier molecular flexibility index (Phi) is 6.43. The van der Waals surface area contributed by atoms with Crippen molar-refractivity contribution in [3.63, 3.8) is 0 Å². The Labute approximate surface area is 170 Å². The first-order chi connectivity index (χ1) is 13.3. The summed E-state index contributed by atoms with van der Waals surface area (Å²) in [5.74, 6) is 2.46. The fraction of sp³-hybridized carbons (Fsp3) is 0.409. The highest BCUT2D eigenvalue weighted by atomic mass is 32.2. The highest BCUT2D eigenvalue weighted by molar-refractivity contribution is 8.19. The van der Waals surface area contributed by atoms with E-state index in [4.69, 9.17) is 0 Å². The number of benzene rings is 2. The summed E-state index contributed by atoms with van der Waals surface area (Å²) in [4.78, 5) is 15.2. The maximum absolute atomic E-state index is 12.7. The number of nitrogens with one attached hydrogen (secondary N) is 1. The molecule has 3 nitrogen and oxygen atoms in total. The van der Waals surface area contributed by atoms with Crippen LogP contribution in [0.15, 0.2) is 54.6 Å². The highest BCUT2D eigenvalue weighted by Gasteiger charge is 2.24. The third-order valence-electron chi connectivity index (χ3n) is 5.29. The zero-order valence-corrected chi connectivity index (χ0v) is 17.1. The van der Waals surface area contributed by atoms with Crippen LogP contribution in [0, 0.1) is 0 Å². The smallest absolute Gasteiger partial charge is 0.251 e. The van der Waals surface area contributed by atoms with Gasteiger partial charge in [0.2, 0.25) is 0 Å². The van der Waals surface area contributed by atoms with Crippen LogP contribution >= 0.6 is 23.5 Å². The molecule has 0 bridgehead atoms. The molecule has 0 spiro atoms. The summed E-state index contributed by atoms with van der Waals surface area (Å²) in [5.41, 5.74) is 3.35. The number of thioether (sulfide) groups is 2. The minimum atomic E-state index is 0.0217. The Balaban J connectivity index is 1.40. The van der Waals surface area contributed by atoms with E-state index in [9.17, 15) is 4.79 Å². The van der Waals surface area contributed by atoms with Gasteiger partial charge in [-0.1, -0.05) is 42.5 Å². The molecule has 5 heteroatoms. The maximum atomic E-state index is 12.7. The number of amides is 1. The fourth-order valence-corrected chi connectivity index (χ4v) is 6.68. The zero-order valence-electron chi connectivity index (χ0n) is 15.5. The number of carbonyl (C=O) groups excluding carboxylic acids is 1. The van der Waals surface area contributed by atoms with Gasteiger partial charge in [-0.15, -0.1) is 23.5 Å². The van der Waals surface area contributed by atoms with Crippen molar-refractivity contribution < 1.29 is 4.79 Å². The summed E-state index contributed by atoms with van der Waals surface area (Å²) in [6, 6.07) is 19.0. The van der Waals surface area contributed by atoms with E-state index in [1.165, 1.54) is 35.5 Å². The van der Waals surface area contributed by atoms with Crippen LogP contribution in [-0.2, 0) is 0 Å². The van der Waals surface area contributed by atoms with Gasteiger partial charge in [0.15, 0.2) is 0 Å². The molecule has 0 radical (unpaired) electrons. The van der Waals surface area contributed by atoms with Crippen molar-refractivity contribution in [2.45, 2.75) is 23.5 Å². The van der Waals surface area contributed by atoms with Crippen molar-refractivity contribution in [1.29, 1.82) is 0 Å². The summed E-state index contributed by atoms with van der Waals surface area (Å²) in [6.45, 7) is 2.88. The molecule has 2 aliphatic heterocycles. The van der Waals surface area contributed by atoms with Crippen molar-refractivity contribution in [1.82, 2.24) is 10.2 Å². The Morgan fingerprint density at radius 1 is 1.00 bits per heavy atom. The molecule has 1 N–H and O–H groups in total. The van der Waals surface area contributed by atoms with Gasteiger partial charge in [-0.05, 0) is 49.2 Å². The third-order valence-corrected chi connectivity index (χ3v) is 8.39. The molecule has 2 aromatic rings. The third kappa shape index (κ3) is 4.71. The van der Waals surface area contributed by atoms with E-state index in [1.54, 1.807) is 0 Å². The standard InChI is InChI=1S/C22H26N2OS2/c25-21(18-8-10-19(11-9-18)22-26-14-15-27-22)23-16-20(24-12-4-5-13-24)17-6-2-1-3-7-17/h1-3,6-11,20,22H,4-5,12-16H2,(H,23,25)/t20-/m1/s1. The Hall–Kier alpha value is -1.43. The van der Waals surface area contributed by atoms with Crippen LogP contribution in [0.4, 0.5) is 0 Å². The van der Waals surface area contributed by atoms with Crippen LogP contribution in [0.1, 0.15) is 45.0 Å². The van der Waals surface area contributed by atoms with E-state index in [0.717, 1.165) is 18.7 Å². The van der Waals surface area contributed by atoms with E-state index < -0.39 is 0 Å². The molecule has 1 amide bonds. The second-order valence-electron chi connectivity index (χ2n) is 7.08. The second-order valence-corrected chi connectivity index (χ2v) is 9.80. The minimum absolute atomic E-state index is 0.0217. The average Bonchev–Trinajstić information content (AvgIpc) is 3.43. The molecule has 4 rings (SSSR count). The van der Waals surface area contributed by atoms with E-state index in [2.05, 4.69) is 46.6 Å². The van der Waals surface area contributed by atoms with Crippen LogP contribution in [-0.4, -0.2) is 41.9 Å². The van der Waals surface area contributed by atoms with Crippen LogP contribution in [0.2, 0.25) is 0 Å². The molecular formula is C22H26N2OS2. The molecule has 0 saturated carbocycles. The lowest BCUT2D eigenvalue weighted by molar-refractivity contribution is 0.0938. The summed E-state index contributed by atoms with van der Waals surface area (Å²) in [7, 11) is 0. The van der Waals surface area contributed by atoms with Crippen molar-refractivity contribution >= 4 is 29.4 Å². The predicted molar refractivity (Wildman–Crippen MR) is 116 cm³/mol. The number of rotatable bonds is 6. The maximum Gasteiger partial charge on any atom is 0.251 e. The second kappa shape index (κ2) is 9.18. The number of hydrogen-bond acceptors (Lipinski definition) is 4. The lowest BCUT2D eigenvalue weighted by Gasteiger charge is -2.28. The van der Waals surface area contributed by atoms with Gasteiger partial charge in [0.05, 0.1) is 10.6 Å². The first kappa shape index (κ1) is 18.9. The number of nitrogens with zero attached hydrogens (tertiary/aromatic N) is 1. The van der Waals surface area contributed by atoms with Gasteiger partial charge in [-0.25, -0.2) is 0 Å². The highest BCUT2D eigenvalue weighted by Crippen LogP contribution is 2.45. The molecule has 2 saturated heterocycles. The topological polar surface area (TPSA) is 32.3 Å². The Morgan fingerprint density at radius 3 is 2.33 bits per heavy atom. The van der Waals surface area contributed by atoms with Gasteiger partial charge in [0, 0.05) is 23.6 Å². The molecule has 2 aliphatic rings. The molecule has 142 valence electrons. The lowest BCUT2D eigenvalue weighted by Crippen LogP contribution is -2.36.